The summed E-state index contributed by atoms with van der Waals surface area (Å²) in [6.07, 6.45) is 11.9. The molecule has 4 amide bonds. The number of ether oxygens (including phenoxy) is 2. The van der Waals surface area contributed by atoms with Crippen molar-refractivity contribution in [3.8, 4) is 12.3 Å². The first-order valence-corrected chi connectivity index (χ1v) is 16.8. The second-order valence-corrected chi connectivity index (χ2v) is 13.5. The van der Waals surface area contributed by atoms with Gasteiger partial charge in [-0.15, -0.1) is 12.3 Å². The Morgan fingerprint density at radius 2 is 1.66 bits per heavy atom. The van der Waals surface area contributed by atoms with Crippen LogP contribution in [0.2, 0.25) is 0 Å². The molecule has 0 aliphatic carbocycles. The SMILES string of the molecule is C#CCCCCOC1=CC(=O)N(C(=O)C=CC(C)NC(=O)C(CC(C)C)NC(=O)C(CC(C)C)OC(=O)C(C(C)CC)N(C)C)C1C. The van der Waals surface area contributed by atoms with Crippen LogP contribution in [0.15, 0.2) is 24.0 Å². The topological polar surface area (TPSA) is 134 Å². The van der Waals surface area contributed by atoms with E-state index in [2.05, 4.69) is 16.6 Å². The van der Waals surface area contributed by atoms with Gasteiger partial charge in [-0.25, -0.2) is 0 Å². The average molecular weight is 659 g/mol. The van der Waals surface area contributed by atoms with E-state index in [1.54, 1.807) is 32.8 Å². The maximum Gasteiger partial charge on any atom is 0.324 e. The van der Waals surface area contributed by atoms with E-state index in [0.29, 0.717) is 31.6 Å². The summed E-state index contributed by atoms with van der Waals surface area (Å²) < 4.78 is 11.5. The highest BCUT2D eigenvalue weighted by atomic mass is 16.5. The smallest absolute Gasteiger partial charge is 0.324 e. The summed E-state index contributed by atoms with van der Waals surface area (Å²) >= 11 is 0. The largest absolute Gasteiger partial charge is 0.496 e. The maximum atomic E-state index is 13.5. The highest BCUT2D eigenvalue weighted by Crippen LogP contribution is 2.22. The summed E-state index contributed by atoms with van der Waals surface area (Å²) in [5, 5.41) is 5.64. The quantitative estimate of drug-likeness (QED) is 0.0869. The third-order valence-corrected chi connectivity index (χ3v) is 7.98. The molecule has 0 bridgehead atoms. The van der Waals surface area contributed by atoms with Gasteiger partial charge in [0.1, 0.15) is 17.8 Å². The molecule has 1 rings (SSSR count). The number of rotatable bonds is 20. The third kappa shape index (κ3) is 13.9. The van der Waals surface area contributed by atoms with E-state index in [-0.39, 0.29) is 17.8 Å². The van der Waals surface area contributed by atoms with Crippen molar-refractivity contribution < 1.29 is 33.4 Å². The molecule has 6 atom stereocenters. The summed E-state index contributed by atoms with van der Waals surface area (Å²) in [5.41, 5.74) is 0. The molecule has 6 unspecified atom stereocenters. The lowest BCUT2D eigenvalue weighted by Crippen LogP contribution is -2.53. The Labute approximate surface area is 282 Å². The Morgan fingerprint density at radius 1 is 1.02 bits per heavy atom. The number of terminal acetylenes is 1. The summed E-state index contributed by atoms with van der Waals surface area (Å²) in [5.74, 6) is 0.684. The van der Waals surface area contributed by atoms with Crippen LogP contribution in [0.3, 0.4) is 0 Å². The number of esters is 1. The lowest BCUT2D eigenvalue weighted by Gasteiger charge is -2.30. The van der Waals surface area contributed by atoms with E-state index in [4.69, 9.17) is 15.9 Å². The number of unbranched alkanes of at least 4 members (excludes halogenated alkanes) is 2. The summed E-state index contributed by atoms with van der Waals surface area (Å²) in [6.45, 7) is 15.5. The van der Waals surface area contributed by atoms with Crippen molar-refractivity contribution in [2.45, 2.75) is 124 Å². The standard InChI is InChI=1S/C36H58N4O7/c1-12-14-15-16-19-46-29-22-32(42)40(27(29)9)31(41)18-17-26(8)37-34(43)28(20-23(3)4)38-35(44)30(21-24(5)6)47-36(45)33(39(10)11)25(7)13-2/h1,17-18,22-28,30,33H,13-16,19-21H2,2-11H3,(H,37,43)(H,38,44). The van der Waals surface area contributed by atoms with Crippen LogP contribution in [0, 0.1) is 30.1 Å². The molecule has 0 saturated heterocycles. The van der Waals surface area contributed by atoms with Crippen molar-refractivity contribution >= 4 is 29.6 Å². The second kappa shape index (κ2) is 20.6. The first-order valence-electron chi connectivity index (χ1n) is 16.8. The van der Waals surface area contributed by atoms with Crippen molar-refractivity contribution in [3.05, 3.63) is 24.0 Å². The monoisotopic (exact) mass is 658 g/mol. The first-order chi connectivity index (χ1) is 22.0. The molecular formula is C36H58N4O7. The van der Waals surface area contributed by atoms with Crippen LogP contribution < -0.4 is 10.6 Å². The van der Waals surface area contributed by atoms with Crippen molar-refractivity contribution in [2.75, 3.05) is 20.7 Å². The fourth-order valence-electron chi connectivity index (χ4n) is 5.28. The first kappa shape index (κ1) is 41.4. The molecule has 0 aromatic rings. The molecular weight excluding hydrogens is 600 g/mol. The molecule has 0 radical (unpaired) electrons. The minimum absolute atomic E-state index is 0.0223. The van der Waals surface area contributed by atoms with Crippen LogP contribution in [0.25, 0.3) is 0 Å². The zero-order chi connectivity index (χ0) is 35.8. The fourth-order valence-corrected chi connectivity index (χ4v) is 5.28. The molecule has 1 aliphatic rings. The van der Waals surface area contributed by atoms with Gasteiger partial charge in [0.05, 0.1) is 12.6 Å². The molecule has 47 heavy (non-hydrogen) atoms. The zero-order valence-electron chi connectivity index (χ0n) is 30.1. The molecule has 11 nitrogen and oxygen atoms in total. The highest BCUT2D eigenvalue weighted by Gasteiger charge is 2.36. The van der Waals surface area contributed by atoms with Crippen LogP contribution in [0.5, 0.6) is 0 Å². The number of imide groups is 1. The van der Waals surface area contributed by atoms with Crippen LogP contribution >= 0.6 is 0 Å². The van der Waals surface area contributed by atoms with Gasteiger partial charge >= 0.3 is 5.97 Å². The summed E-state index contributed by atoms with van der Waals surface area (Å²) in [6, 6.07) is -2.56. The van der Waals surface area contributed by atoms with Gasteiger partial charge in [-0.1, -0.05) is 54.0 Å². The van der Waals surface area contributed by atoms with Crippen LogP contribution in [0.1, 0.15) is 93.9 Å². The lowest BCUT2D eigenvalue weighted by molar-refractivity contribution is -0.163. The Bertz CT molecular complexity index is 1170. The zero-order valence-corrected chi connectivity index (χ0v) is 30.1. The second-order valence-electron chi connectivity index (χ2n) is 13.5. The van der Waals surface area contributed by atoms with Gasteiger partial charge in [-0.3, -0.25) is 33.8 Å². The number of likely N-dealkylation sites (N-methyl/N-ethyl adjacent to an activating group) is 1. The number of nitrogens with zero attached hydrogens (tertiary/aromatic N) is 2. The number of carbonyl (C=O) groups is 5. The Morgan fingerprint density at radius 3 is 2.21 bits per heavy atom. The van der Waals surface area contributed by atoms with E-state index >= 15 is 0 Å². The van der Waals surface area contributed by atoms with Crippen LogP contribution in [0.4, 0.5) is 0 Å². The molecule has 0 spiro atoms. The minimum Gasteiger partial charge on any atom is -0.496 e. The number of hydrogen-bond acceptors (Lipinski definition) is 8. The van der Waals surface area contributed by atoms with Gasteiger partial charge in [0, 0.05) is 24.6 Å². The number of carbonyl (C=O) groups excluding carboxylic acids is 5. The summed E-state index contributed by atoms with van der Waals surface area (Å²) in [7, 11) is 3.61. The van der Waals surface area contributed by atoms with Crippen molar-refractivity contribution in [1.82, 2.24) is 20.4 Å². The predicted octanol–water partition coefficient (Wildman–Crippen LogP) is 3.97. The highest BCUT2D eigenvalue weighted by molar-refractivity contribution is 6.07. The summed E-state index contributed by atoms with van der Waals surface area (Å²) in [4.78, 5) is 68.4. The van der Waals surface area contributed by atoms with Crippen molar-refractivity contribution in [1.29, 1.82) is 0 Å². The van der Waals surface area contributed by atoms with Gasteiger partial charge in [0.15, 0.2) is 6.10 Å². The van der Waals surface area contributed by atoms with Crippen LogP contribution in [-0.4, -0.2) is 90.4 Å². The van der Waals surface area contributed by atoms with E-state index in [9.17, 15) is 24.0 Å². The molecule has 1 heterocycles. The van der Waals surface area contributed by atoms with E-state index in [1.807, 2.05) is 41.5 Å². The van der Waals surface area contributed by atoms with Gasteiger partial charge in [0.25, 0.3) is 17.7 Å². The number of amides is 4. The van der Waals surface area contributed by atoms with Gasteiger partial charge in [0.2, 0.25) is 5.91 Å². The van der Waals surface area contributed by atoms with Crippen molar-refractivity contribution in [3.63, 3.8) is 0 Å². The van der Waals surface area contributed by atoms with Gasteiger partial charge < -0.3 is 20.1 Å². The fraction of sp³-hybridized carbons (Fsp3) is 0.694. The van der Waals surface area contributed by atoms with Crippen LogP contribution in [-0.2, 0) is 33.4 Å². The predicted molar refractivity (Wildman–Crippen MR) is 182 cm³/mol. The van der Waals surface area contributed by atoms with Gasteiger partial charge in [-0.2, -0.15) is 0 Å². The molecule has 264 valence electrons. The minimum atomic E-state index is -1.06. The van der Waals surface area contributed by atoms with Crippen molar-refractivity contribution in [2.24, 2.45) is 17.8 Å². The molecule has 11 heteroatoms. The molecule has 0 aromatic carbocycles. The normalized spacial score (nSPS) is 18.0. The van der Waals surface area contributed by atoms with E-state index in [0.717, 1.165) is 24.2 Å². The Balaban J connectivity index is 2.92. The molecule has 0 saturated carbocycles. The Kier molecular flexibility index (Phi) is 18.1. The number of hydrogen-bond donors (Lipinski definition) is 2. The van der Waals surface area contributed by atoms with E-state index in [1.165, 1.54) is 18.2 Å². The number of nitrogens with one attached hydrogen (secondary N) is 2. The third-order valence-electron chi connectivity index (χ3n) is 7.98. The Hall–Kier alpha value is -3.65. The molecule has 2 N–H and O–H groups in total. The lowest BCUT2D eigenvalue weighted by atomic mass is 9.98. The van der Waals surface area contributed by atoms with E-state index < -0.39 is 59.9 Å². The maximum absolute atomic E-state index is 13.5. The molecule has 0 aromatic heterocycles. The molecule has 1 aliphatic heterocycles. The average Bonchev–Trinajstić information content (AvgIpc) is 3.26. The van der Waals surface area contributed by atoms with Gasteiger partial charge in [-0.05, 0) is 71.4 Å². The molecule has 0 fully saturated rings.